The third-order valence-corrected chi connectivity index (χ3v) is 6.07. The number of carbonyl (C=O) groups is 1. The molecule has 0 bridgehead atoms. The maximum absolute atomic E-state index is 12.5. The quantitative estimate of drug-likeness (QED) is 0.369. The molecular weight excluding hydrogens is 422 g/mol. The van der Waals surface area contributed by atoms with Gasteiger partial charge >= 0.3 is 5.97 Å². The van der Waals surface area contributed by atoms with E-state index in [9.17, 15) is 4.79 Å². The van der Waals surface area contributed by atoms with Gasteiger partial charge in [0.15, 0.2) is 0 Å². The Morgan fingerprint density at radius 3 is 2.71 bits per heavy atom. The molecule has 1 fully saturated rings. The van der Waals surface area contributed by atoms with Gasteiger partial charge in [-0.3, -0.25) is 0 Å². The van der Waals surface area contributed by atoms with Gasteiger partial charge in [-0.1, -0.05) is 26.2 Å². The summed E-state index contributed by atoms with van der Waals surface area (Å²) in [4.78, 5) is 14.4. The van der Waals surface area contributed by atoms with Crippen LogP contribution in [0.3, 0.4) is 0 Å². The van der Waals surface area contributed by atoms with Crippen molar-refractivity contribution in [3.05, 3.63) is 27.7 Å². The molecule has 1 aromatic carbocycles. The number of nitrogen functional groups attached to an aromatic ring is 1. The summed E-state index contributed by atoms with van der Waals surface area (Å²) >= 11 is 3.50. The van der Waals surface area contributed by atoms with Crippen LogP contribution < -0.4 is 11.1 Å². The predicted octanol–water partition coefficient (Wildman–Crippen LogP) is 3.49. The maximum Gasteiger partial charge on any atom is 0.338 e. The number of ether oxygens (including phenoxy) is 1. The highest BCUT2D eigenvalue weighted by atomic mass is 79.9. The van der Waals surface area contributed by atoms with E-state index in [4.69, 9.17) is 15.6 Å². The molecule has 0 radical (unpaired) electrons. The Kier molecular flexibility index (Phi) is 9.71. The van der Waals surface area contributed by atoms with E-state index in [2.05, 4.69) is 28.2 Å². The minimum absolute atomic E-state index is 0.0884. The van der Waals surface area contributed by atoms with Crippen LogP contribution in [-0.2, 0) is 4.74 Å². The van der Waals surface area contributed by atoms with Gasteiger partial charge < -0.3 is 25.8 Å². The molecule has 7 heteroatoms. The number of esters is 1. The molecule has 28 heavy (non-hydrogen) atoms. The van der Waals surface area contributed by atoms with E-state index in [1.807, 2.05) is 18.0 Å². The summed E-state index contributed by atoms with van der Waals surface area (Å²) < 4.78 is 6.13. The summed E-state index contributed by atoms with van der Waals surface area (Å²) in [6.45, 7) is 3.64. The Hall–Kier alpha value is -1.15. The monoisotopic (exact) mass is 455 g/mol. The predicted molar refractivity (Wildman–Crippen MR) is 116 cm³/mol. The minimum Gasteiger partial charge on any atom is -0.461 e. The third-order valence-electron chi connectivity index (χ3n) is 5.41. The molecule has 0 heterocycles. The fourth-order valence-electron chi connectivity index (χ4n) is 3.69. The number of aliphatic hydroxyl groups is 1. The van der Waals surface area contributed by atoms with Crippen LogP contribution in [0.2, 0.25) is 0 Å². The number of nitrogens with zero attached hydrogens (tertiary/aromatic N) is 1. The largest absolute Gasteiger partial charge is 0.461 e. The van der Waals surface area contributed by atoms with Gasteiger partial charge in [-0.25, -0.2) is 4.79 Å². The van der Waals surface area contributed by atoms with Gasteiger partial charge in [0, 0.05) is 29.6 Å². The minimum atomic E-state index is -0.355. The smallest absolute Gasteiger partial charge is 0.338 e. The van der Waals surface area contributed by atoms with Crippen LogP contribution in [0.25, 0.3) is 0 Å². The highest BCUT2D eigenvalue weighted by Crippen LogP contribution is 2.33. The molecule has 158 valence electrons. The molecule has 4 N–H and O–H groups in total. The van der Waals surface area contributed by atoms with Crippen molar-refractivity contribution < 1.29 is 14.6 Å². The van der Waals surface area contributed by atoms with Crippen molar-refractivity contribution in [2.24, 2.45) is 0 Å². The molecule has 1 aliphatic carbocycles. The van der Waals surface area contributed by atoms with E-state index in [1.165, 1.54) is 32.1 Å². The fraction of sp³-hybridized carbons (Fsp3) is 0.667. The average molecular weight is 456 g/mol. The number of benzene rings is 1. The van der Waals surface area contributed by atoms with E-state index < -0.39 is 0 Å². The van der Waals surface area contributed by atoms with Gasteiger partial charge in [0.05, 0.1) is 17.9 Å². The number of rotatable bonds is 10. The number of hydrogen-bond donors (Lipinski definition) is 3. The molecule has 2 rings (SSSR count). The Morgan fingerprint density at radius 2 is 2.07 bits per heavy atom. The molecule has 0 aliphatic heterocycles. The Labute approximate surface area is 176 Å². The van der Waals surface area contributed by atoms with Crippen molar-refractivity contribution in [3.63, 3.8) is 0 Å². The number of nitrogens with two attached hydrogens (primary N) is 1. The Bertz CT molecular complexity index is 636. The number of aliphatic hydroxyl groups excluding tert-OH is 1. The van der Waals surface area contributed by atoms with E-state index in [0.29, 0.717) is 30.4 Å². The molecule has 1 atom stereocenters. The number of nitrogens with one attached hydrogen (secondary N) is 1. The maximum atomic E-state index is 12.5. The average Bonchev–Trinajstić information content (AvgIpc) is 2.69. The standard InChI is InChI=1S/C21H34BrN3O3/c1-3-19(24-16-7-5-4-6-8-16)17-13-15(14-18(22)20(17)23)21(27)28-12-10-25(2)9-11-26/h13-14,16,19,24,26H,3-12,23H2,1-2H3. The second kappa shape index (κ2) is 11.8. The van der Waals surface area contributed by atoms with Gasteiger partial charge in [-0.15, -0.1) is 0 Å². The summed E-state index contributed by atoms with van der Waals surface area (Å²) in [7, 11) is 1.88. The number of anilines is 1. The lowest BCUT2D eigenvalue weighted by molar-refractivity contribution is 0.0467. The van der Waals surface area contributed by atoms with E-state index in [-0.39, 0.29) is 25.2 Å². The van der Waals surface area contributed by atoms with Crippen molar-refractivity contribution in [1.82, 2.24) is 10.2 Å². The molecule has 1 aromatic rings. The molecule has 0 spiro atoms. The number of halogens is 1. The van der Waals surface area contributed by atoms with Crippen LogP contribution >= 0.6 is 15.9 Å². The third kappa shape index (κ3) is 6.72. The van der Waals surface area contributed by atoms with Crippen LogP contribution in [0.4, 0.5) is 5.69 Å². The van der Waals surface area contributed by atoms with Crippen molar-refractivity contribution in [1.29, 1.82) is 0 Å². The first-order valence-electron chi connectivity index (χ1n) is 10.3. The first kappa shape index (κ1) is 23.1. The van der Waals surface area contributed by atoms with Crippen molar-refractivity contribution in [2.45, 2.75) is 57.5 Å². The van der Waals surface area contributed by atoms with Crippen LogP contribution in [0.1, 0.15) is 67.4 Å². The molecule has 0 aromatic heterocycles. The number of carbonyl (C=O) groups excluding carboxylic acids is 1. The van der Waals surface area contributed by atoms with Crippen molar-refractivity contribution in [2.75, 3.05) is 39.1 Å². The Morgan fingerprint density at radius 1 is 1.36 bits per heavy atom. The summed E-state index contributed by atoms with van der Waals surface area (Å²) in [6.07, 6.45) is 7.14. The van der Waals surface area contributed by atoms with E-state index >= 15 is 0 Å². The van der Waals surface area contributed by atoms with Gasteiger partial charge in [-0.05, 0) is 59.9 Å². The highest BCUT2D eigenvalue weighted by Gasteiger charge is 2.22. The zero-order valence-corrected chi connectivity index (χ0v) is 18.6. The van der Waals surface area contributed by atoms with Gasteiger partial charge in [0.25, 0.3) is 0 Å². The van der Waals surface area contributed by atoms with Crippen LogP contribution in [0.5, 0.6) is 0 Å². The summed E-state index contributed by atoms with van der Waals surface area (Å²) in [5.41, 5.74) is 8.47. The zero-order chi connectivity index (χ0) is 20.5. The van der Waals surface area contributed by atoms with Crippen molar-refractivity contribution >= 4 is 27.6 Å². The van der Waals surface area contributed by atoms with Crippen LogP contribution in [0, 0.1) is 0 Å². The number of hydrogen-bond acceptors (Lipinski definition) is 6. The molecule has 0 saturated heterocycles. The first-order chi connectivity index (χ1) is 13.5. The molecular formula is C21H34BrN3O3. The lowest BCUT2D eigenvalue weighted by Crippen LogP contribution is -2.34. The summed E-state index contributed by atoms with van der Waals surface area (Å²) in [5, 5.41) is 12.7. The zero-order valence-electron chi connectivity index (χ0n) is 17.0. The SMILES string of the molecule is CCC(NC1CCCCC1)c1cc(C(=O)OCCN(C)CCO)cc(Br)c1N. The topological polar surface area (TPSA) is 87.8 Å². The summed E-state index contributed by atoms with van der Waals surface area (Å²) in [5.74, 6) is -0.355. The van der Waals surface area contributed by atoms with Gasteiger partial charge in [-0.2, -0.15) is 0 Å². The van der Waals surface area contributed by atoms with Gasteiger partial charge in [0.2, 0.25) is 0 Å². The molecule has 6 nitrogen and oxygen atoms in total. The van der Waals surface area contributed by atoms with Gasteiger partial charge in [0.1, 0.15) is 6.61 Å². The van der Waals surface area contributed by atoms with E-state index in [1.54, 1.807) is 6.07 Å². The van der Waals surface area contributed by atoms with Crippen LogP contribution in [-0.4, -0.2) is 55.4 Å². The van der Waals surface area contributed by atoms with Crippen LogP contribution in [0.15, 0.2) is 16.6 Å². The first-order valence-corrected chi connectivity index (χ1v) is 11.1. The number of likely N-dealkylation sites (N-methyl/N-ethyl adjacent to an activating group) is 1. The molecule has 0 amide bonds. The second-order valence-corrected chi connectivity index (χ2v) is 8.44. The fourth-order valence-corrected chi connectivity index (χ4v) is 4.16. The lowest BCUT2D eigenvalue weighted by Gasteiger charge is -2.29. The Balaban J connectivity index is 2.07. The second-order valence-electron chi connectivity index (χ2n) is 7.59. The summed E-state index contributed by atoms with van der Waals surface area (Å²) in [6, 6.07) is 4.22. The highest BCUT2D eigenvalue weighted by molar-refractivity contribution is 9.10. The molecule has 1 aliphatic rings. The van der Waals surface area contributed by atoms with E-state index in [0.717, 1.165) is 16.5 Å². The molecule has 1 saturated carbocycles. The van der Waals surface area contributed by atoms with Crippen molar-refractivity contribution in [3.8, 4) is 0 Å². The lowest BCUT2D eigenvalue weighted by atomic mass is 9.92. The normalized spacial score (nSPS) is 16.3. The molecule has 1 unspecified atom stereocenters.